The van der Waals surface area contributed by atoms with Crippen molar-refractivity contribution in [1.29, 1.82) is 0 Å². The quantitative estimate of drug-likeness (QED) is 0.309. The van der Waals surface area contributed by atoms with Crippen LogP contribution in [0.15, 0.2) is 78.9 Å². The molecule has 1 N–H and O–H groups in total. The van der Waals surface area contributed by atoms with E-state index in [1.807, 2.05) is 62.4 Å². The number of rotatable bonds is 12. The molecule has 4 nitrogen and oxygen atoms in total. The van der Waals surface area contributed by atoms with E-state index in [0.29, 0.717) is 29.3 Å². The van der Waals surface area contributed by atoms with Crippen molar-refractivity contribution in [2.24, 2.45) is 5.92 Å². The Bertz CT molecular complexity index is 1140. The van der Waals surface area contributed by atoms with Gasteiger partial charge >= 0.3 is 0 Å². The second-order valence-electron chi connectivity index (χ2n) is 9.08. The number of carbonyl (C=O) groups is 2. The molecule has 0 saturated heterocycles. The molecule has 0 aliphatic rings. The standard InChI is InChI=1S/C29H32ClFN2O2S/c1-21(2)17-32-29(35)27(16-22-9-4-3-5-10-22)33(18-24-12-6-7-14-26(24)31)28(34)20-36-19-23-11-8-13-25(30)15-23/h3-15,21,27H,16-20H2,1-2H3,(H,32,35)/t27-/m0/s1. The Hall–Kier alpha value is -2.83. The van der Waals surface area contributed by atoms with Crippen molar-refractivity contribution >= 4 is 35.2 Å². The van der Waals surface area contributed by atoms with Gasteiger partial charge in [-0.25, -0.2) is 4.39 Å². The zero-order valence-corrected chi connectivity index (χ0v) is 22.2. The lowest BCUT2D eigenvalue weighted by Crippen LogP contribution is -2.51. The monoisotopic (exact) mass is 526 g/mol. The highest BCUT2D eigenvalue weighted by Gasteiger charge is 2.30. The first kappa shape index (κ1) is 27.8. The van der Waals surface area contributed by atoms with Gasteiger partial charge in [0.15, 0.2) is 0 Å². The van der Waals surface area contributed by atoms with Crippen LogP contribution in [-0.2, 0) is 28.3 Å². The molecule has 0 fully saturated rings. The zero-order valence-electron chi connectivity index (χ0n) is 20.6. The molecule has 3 aromatic carbocycles. The minimum atomic E-state index is -0.773. The molecule has 7 heteroatoms. The molecule has 0 saturated carbocycles. The van der Waals surface area contributed by atoms with E-state index >= 15 is 0 Å². The molecule has 0 aromatic heterocycles. The number of hydrogen-bond donors (Lipinski definition) is 1. The maximum Gasteiger partial charge on any atom is 0.243 e. The van der Waals surface area contributed by atoms with Gasteiger partial charge in [0.2, 0.25) is 11.8 Å². The molecule has 0 spiro atoms. The Labute approximate surface area is 222 Å². The first-order valence-corrected chi connectivity index (χ1v) is 13.5. The van der Waals surface area contributed by atoms with E-state index in [-0.39, 0.29) is 30.0 Å². The molecule has 0 bridgehead atoms. The predicted molar refractivity (Wildman–Crippen MR) is 146 cm³/mol. The number of carbonyl (C=O) groups excluding carboxylic acids is 2. The van der Waals surface area contributed by atoms with Crippen molar-refractivity contribution in [3.8, 4) is 0 Å². The molecule has 0 heterocycles. The van der Waals surface area contributed by atoms with Crippen LogP contribution in [0.5, 0.6) is 0 Å². The summed E-state index contributed by atoms with van der Waals surface area (Å²) in [7, 11) is 0. The van der Waals surface area contributed by atoms with Gasteiger partial charge in [0.25, 0.3) is 0 Å². The number of thioether (sulfide) groups is 1. The lowest BCUT2D eigenvalue weighted by Gasteiger charge is -2.32. The maximum atomic E-state index is 14.6. The Kier molecular flexibility index (Phi) is 10.8. The molecule has 36 heavy (non-hydrogen) atoms. The third kappa shape index (κ3) is 8.68. The second kappa shape index (κ2) is 14.0. The number of amides is 2. The van der Waals surface area contributed by atoms with Crippen LogP contribution in [0.4, 0.5) is 4.39 Å². The highest BCUT2D eigenvalue weighted by atomic mass is 35.5. The fraction of sp³-hybridized carbons (Fsp3) is 0.310. The minimum Gasteiger partial charge on any atom is -0.354 e. The van der Waals surface area contributed by atoms with Crippen LogP contribution in [0.3, 0.4) is 0 Å². The van der Waals surface area contributed by atoms with Gasteiger partial charge in [-0.1, -0.05) is 86.1 Å². The SMILES string of the molecule is CC(C)CNC(=O)[C@H](Cc1ccccc1)N(Cc1ccccc1F)C(=O)CSCc1cccc(Cl)c1. The summed E-state index contributed by atoms with van der Waals surface area (Å²) in [5.74, 6) is 0.160. The summed E-state index contributed by atoms with van der Waals surface area (Å²) in [5.41, 5.74) is 2.32. The summed E-state index contributed by atoms with van der Waals surface area (Å²) in [6.07, 6.45) is 0.337. The molecule has 0 aliphatic heterocycles. The summed E-state index contributed by atoms with van der Waals surface area (Å²) in [6, 6.07) is 22.7. The summed E-state index contributed by atoms with van der Waals surface area (Å²) < 4.78 is 14.6. The Balaban J connectivity index is 1.85. The second-order valence-corrected chi connectivity index (χ2v) is 10.5. The fourth-order valence-corrected chi connectivity index (χ4v) is 4.82. The van der Waals surface area contributed by atoms with Crippen LogP contribution in [0.2, 0.25) is 5.02 Å². The van der Waals surface area contributed by atoms with Gasteiger partial charge < -0.3 is 10.2 Å². The van der Waals surface area contributed by atoms with E-state index < -0.39 is 11.9 Å². The number of nitrogens with one attached hydrogen (secondary N) is 1. The van der Waals surface area contributed by atoms with Crippen molar-refractivity contribution in [3.05, 3.63) is 106 Å². The summed E-state index contributed by atoms with van der Waals surface area (Å²) >= 11 is 7.53. The van der Waals surface area contributed by atoms with Crippen LogP contribution in [0, 0.1) is 11.7 Å². The molecular formula is C29H32ClFN2O2S. The van der Waals surface area contributed by atoms with Crippen LogP contribution in [0.25, 0.3) is 0 Å². The van der Waals surface area contributed by atoms with Gasteiger partial charge in [0, 0.05) is 35.8 Å². The number of halogens is 2. The number of nitrogens with zero attached hydrogens (tertiary/aromatic N) is 1. The summed E-state index contributed by atoms with van der Waals surface area (Å²) in [4.78, 5) is 28.5. The van der Waals surface area contributed by atoms with E-state index in [1.165, 1.54) is 22.7 Å². The maximum absolute atomic E-state index is 14.6. The molecule has 3 rings (SSSR count). The van der Waals surface area contributed by atoms with Crippen molar-refractivity contribution in [1.82, 2.24) is 10.2 Å². The number of hydrogen-bond acceptors (Lipinski definition) is 3. The van der Waals surface area contributed by atoms with Crippen LogP contribution < -0.4 is 5.32 Å². The van der Waals surface area contributed by atoms with Gasteiger partial charge in [0.05, 0.1) is 5.75 Å². The zero-order chi connectivity index (χ0) is 25.9. The lowest BCUT2D eigenvalue weighted by atomic mass is 10.0. The van der Waals surface area contributed by atoms with E-state index in [1.54, 1.807) is 24.3 Å². The Morgan fingerprint density at radius 1 is 0.972 bits per heavy atom. The van der Waals surface area contributed by atoms with Gasteiger partial charge in [-0.15, -0.1) is 11.8 Å². The van der Waals surface area contributed by atoms with Gasteiger partial charge in [0.1, 0.15) is 11.9 Å². The first-order valence-electron chi connectivity index (χ1n) is 12.0. The molecule has 190 valence electrons. The molecule has 0 aliphatic carbocycles. The Morgan fingerprint density at radius 2 is 1.67 bits per heavy atom. The molecular weight excluding hydrogens is 495 g/mol. The molecule has 3 aromatic rings. The largest absolute Gasteiger partial charge is 0.354 e. The third-order valence-electron chi connectivity index (χ3n) is 5.64. The van der Waals surface area contributed by atoms with Crippen LogP contribution in [-0.4, -0.2) is 35.1 Å². The van der Waals surface area contributed by atoms with E-state index in [9.17, 15) is 14.0 Å². The minimum absolute atomic E-state index is 0.00975. The average molecular weight is 527 g/mol. The fourth-order valence-electron chi connectivity index (χ4n) is 3.75. The summed E-state index contributed by atoms with van der Waals surface area (Å²) in [6.45, 7) is 4.54. The van der Waals surface area contributed by atoms with Gasteiger partial charge in [-0.05, 0) is 35.2 Å². The normalized spacial score (nSPS) is 11.8. The highest BCUT2D eigenvalue weighted by Crippen LogP contribution is 2.21. The van der Waals surface area contributed by atoms with Gasteiger partial charge in [-0.2, -0.15) is 0 Å². The molecule has 1 atom stereocenters. The van der Waals surface area contributed by atoms with E-state index in [4.69, 9.17) is 11.6 Å². The predicted octanol–water partition coefficient (Wildman–Crippen LogP) is 6.12. The Morgan fingerprint density at radius 3 is 2.36 bits per heavy atom. The smallest absolute Gasteiger partial charge is 0.243 e. The average Bonchev–Trinajstić information content (AvgIpc) is 2.86. The number of benzene rings is 3. The molecule has 0 unspecified atom stereocenters. The van der Waals surface area contributed by atoms with Gasteiger partial charge in [-0.3, -0.25) is 9.59 Å². The van der Waals surface area contributed by atoms with Crippen LogP contribution in [0.1, 0.15) is 30.5 Å². The molecule has 0 radical (unpaired) electrons. The molecule has 2 amide bonds. The van der Waals surface area contributed by atoms with Crippen molar-refractivity contribution < 1.29 is 14.0 Å². The van der Waals surface area contributed by atoms with Crippen molar-refractivity contribution in [2.75, 3.05) is 12.3 Å². The van der Waals surface area contributed by atoms with E-state index in [0.717, 1.165) is 11.1 Å². The van der Waals surface area contributed by atoms with Crippen LogP contribution >= 0.6 is 23.4 Å². The third-order valence-corrected chi connectivity index (χ3v) is 6.86. The first-order chi connectivity index (χ1) is 17.3. The van der Waals surface area contributed by atoms with Crippen molar-refractivity contribution in [2.45, 2.75) is 38.6 Å². The highest BCUT2D eigenvalue weighted by molar-refractivity contribution is 7.99. The lowest BCUT2D eigenvalue weighted by molar-refractivity contribution is -0.139. The summed E-state index contributed by atoms with van der Waals surface area (Å²) in [5, 5.41) is 3.62. The van der Waals surface area contributed by atoms with E-state index in [2.05, 4.69) is 5.32 Å². The van der Waals surface area contributed by atoms with Crippen molar-refractivity contribution in [3.63, 3.8) is 0 Å². The topological polar surface area (TPSA) is 49.4 Å².